The van der Waals surface area contributed by atoms with E-state index in [9.17, 15) is 19.2 Å². The van der Waals surface area contributed by atoms with Crippen LogP contribution in [0.3, 0.4) is 0 Å². The Bertz CT molecular complexity index is 526. The number of hydrogen-bond acceptors (Lipinski definition) is 6. The zero-order valence-corrected chi connectivity index (χ0v) is 21.2. The van der Waals surface area contributed by atoms with Crippen molar-refractivity contribution in [2.24, 2.45) is 29.4 Å². The lowest BCUT2D eigenvalue weighted by atomic mass is 10.00. The number of aldehydes is 1. The molecule has 6 atom stereocenters. The number of carbonyl (C=O) groups is 4. The monoisotopic (exact) mass is 461 g/mol. The number of nitrogens with one attached hydrogen (secondary N) is 2. The number of amides is 3. The number of nitrogens with two attached hydrogens (primary N) is 1. The molecule has 0 aromatic heterocycles. The second kappa shape index (κ2) is 20.9. The molecule has 1 fully saturated rings. The van der Waals surface area contributed by atoms with Gasteiger partial charge in [-0.1, -0.05) is 74.7 Å². The average molecular weight is 462 g/mol. The number of aliphatic hydroxyl groups is 1. The third kappa shape index (κ3) is 17.7. The fourth-order valence-electron chi connectivity index (χ4n) is 1.79. The van der Waals surface area contributed by atoms with Gasteiger partial charge in [-0.15, -0.1) is 0 Å². The van der Waals surface area contributed by atoms with E-state index in [1.54, 1.807) is 0 Å². The first kappa shape index (κ1) is 34.6. The molecular weight excluding hydrogens is 414 g/mol. The first-order valence-corrected chi connectivity index (χ1v) is 11.5. The Kier molecular flexibility index (Phi) is 22.6. The molecule has 190 valence electrons. The molecule has 3 amide bonds. The standard InChI is InChI=1S/C7H12N2O2.C6H13NO2.C5H12O.C5H10O/c1-3-4(2)5-6(10)9-7(11)8-5;1-3-4(2)5(7)6(8)9;2*1-3-5(2)4-6/h4-5H,3H2,1-2H3,(H2,8,9,10,11);4-5H,3,7H2,1-2H3,(H,8,9);5-6H,3-4H2,1-2H3;4-5H,3H2,1-2H3/t4-,5?;4-,5+;2*5-/m0000/s1. The molecule has 0 aromatic rings. The van der Waals surface area contributed by atoms with Crippen LogP contribution >= 0.6 is 0 Å². The third-order valence-corrected chi connectivity index (χ3v) is 5.45. The summed E-state index contributed by atoms with van der Waals surface area (Å²) in [6, 6.07) is -1.40. The smallest absolute Gasteiger partial charge is 0.322 e. The molecule has 9 nitrogen and oxygen atoms in total. The Morgan fingerprint density at radius 1 is 1.03 bits per heavy atom. The fourth-order valence-corrected chi connectivity index (χ4v) is 1.79. The van der Waals surface area contributed by atoms with Crippen LogP contribution in [0.15, 0.2) is 0 Å². The van der Waals surface area contributed by atoms with Gasteiger partial charge in [-0.2, -0.15) is 0 Å². The highest BCUT2D eigenvalue weighted by Crippen LogP contribution is 2.10. The highest BCUT2D eigenvalue weighted by Gasteiger charge is 2.32. The maximum Gasteiger partial charge on any atom is 0.322 e. The number of aliphatic carboxylic acids is 1. The van der Waals surface area contributed by atoms with Gasteiger partial charge in [0.05, 0.1) is 0 Å². The Labute approximate surface area is 193 Å². The van der Waals surface area contributed by atoms with Crippen molar-refractivity contribution < 1.29 is 29.4 Å². The molecule has 6 N–H and O–H groups in total. The minimum atomic E-state index is -0.913. The van der Waals surface area contributed by atoms with Gasteiger partial charge >= 0.3 is 12.0 Å². The molecule has 1 rings (SSSR count). The van der Waals surface area contributed by atoms with Gasteiger partial charge in [0.15, 0.2) is 0 Å². The molecule has 0 aromatic carbocycles. The molecule has 1 aliphatic heterocycles. The first-order chi connectivity index (χ1) is 14.9. The van der Waals surface area contributed by atoms with Crippen LogP contribution in [0.2, 0.25) is 0 Å². The summed E-state index contributed by atoms with van der Waals surface area (Å²) in [7, 11) is 0. The van der Waals surface area contributed by atoms with E-state index < -0.39 is 12.0 Å². The topological polar surface area (TPSA) is 159 Å². The maximum atomic E-state index is 11.0. The fraction of sp³-hybridized carbons (Fsp3) is 0.826. The number of hydrogen-bond donors (Lipinski definition) is 5. The zero-order valence-electron chi connectivity index (χ0n) is 21.2. The summed E-state index contributed by atoms with van der Waals surface area (Å²) in [4.78, 5) is 41.5. The van der Waals surface area contributed by atoms with Gasteiger partial charge in [-0.05, 0) is 24.2 Å². The van der Waals surface area contributed by atoms with Crippen molar-refractivity contribution in [3.8, 4) is 0 Å². The number of carboxylic acid groups (broad SMARTS) is 1. The van der Waals surface area contributed by atoms with Crippen molar-refractivity contribution in [1.29, 1.82) is 0 Å². The Morgan fingerprint density at radius 2 is 1.56 bits per heavy atom. The van der Waals surface area contributed by atoms with Crippen LogP contribution < -0.4 is 16.4 Å². The molecule has 0 aliphatic carbocycles. The van der Waals surface area contributed by atoms with E-state index >= 15 is 0 Å². The van der Waals surface area contributed by atoms with Crippen LogP contribution in [-0.2, 0) is 14.4 Å². The van der Waals surface area contributed by atoms with Crippen molar-refractivity contribution in [2.45, 2.75) is 93.2 Å². The minimum Gasteiger partial charge on any atom is -0.480 e. The highest BCUT2D eigenvalue weighted by atomic mass is 16.4. The Morgan fingerprint density at radius 3 is 1.72 bits per heavy atom. The van der Waals surface area contributed by atoms with E-state index in [-0.39, 0.29) is 35.7 Å². The summed E-state index contributed by atoms with van der Waals surface area (Å²) in [5, 5.41) is 21.4. The SMILES string of the molecule is CC[C@H](C)C1NC(=O)NC1=O.CC[C@H](C)C=O.CC[C@H](C)CO.CC[C@H](C)[C@@H](N)C(=O)O. The summed E-state index contributed by atoms with van der Waals surface area (Å²) >= 11 is 0. The lowest BCUT2D eigenvalue weighted by Gasteiger charge is -2.13. The van der Waals surface area contributed by atoms with E-state index in [4.69, 9.17) is 15.9 Å². The van der Waals surface area contributed by atoms with Gasteiger partial charge in [-0.25, -0.2) is 4.79 Å². The summed E-state index contributed by atoms with van der Waals surface area (Å²) in [5.41, 5.74) is 5.27. The molecule has 0 spiro atoms. The molecule has 1 saturated heterocycles. The minimum absolute atomic E-state index is 0.0718. The third-order valence-electron chi connectivity index (χ3n) is 5.45. The zero-order chi connectivity index (χ0) is 25.9. The second-order valence-corrected chi connectivity index (χ2v) is 8.29. The highest BCUT2D eigenvalue weighted by molar-refractivity contribution is 6.04. The van der Waals surface area contributed by atoms with Gasteiger partial charge in [0.1, 0.15) is 18.4 Å². The second-order valence-electron chi connectivity index (χ2n) is 8.29. The first-order valence-electron chi connectivity index (χ1n) is 11.5. The molecule has 9 heteroatoms. The van der Waals surface area contributed by atoms with E-state index in [0.717, 1.165) is 32.0 Å². The van der Waals surface area contributed by atoms with Crippen molar-refractivity contribution >= 4 is 24.2 Å². The molecule has 1 heterocycles. The van der Waals surface area contributed by atoms with Gasteiger partial charge in [0.25, 0.3) is 5.91 Å². The van der Waals surface area contributed by atoms with E-state index in [2.05, 4.69) is 17.6 Å². The molecule has 0 saturated carbocycles. The largest absolute Gasteiger partial charge is 0.480 e. The number of aliphatic hydroxyl groups excluding tert-OH is 1. The van der Waals surface area contributed by atoms with Gasteiger partial charge in [-0.3, -0.25) is 14.9 Å². The van der Waals surface area contributed by atoms with Crippen LogP contribution in [0.4, 0.5) is 4.79 Å². The van der Waals surface area contributed by atoms with Crippen LogP contribution in [0.5, 0.6) is 0 Å². The van der Waals surface area contributed by atoms with Gasteiger partial charge < -0.3 is 26.1 Å². The maximum absolute atomic E-state index is 11.0. The summed E-state index contributed by atoms with van der Waals surface area (Å²) < 4.78 is 0. The van der Waals surface area contributed by atoms with Crippen LogP contribution in [0.1, 0.15) is 81.1 Å². The number of carboxylic acids is 1. The number of carbonyl (C=O) groups excluding carboxylic acids is 3. The van der Waals surface area contributed by atoms with Crippen LogP contribution in [0, 0.1) is 23.7 Å². The summed E-state index contributed by atoms with van der Waals surface area (Å²) in [6.45, 7) is 16.0. The van der Waals surface area contributed by atoms with Gasteiger partial charge in [0, 0.05) is 12.5 Å². The Balaban J connectivity index is -0.000000364. The van der Waals surface area contributed by atoms with E-state index in [1.165, 1.54) is 0 Å². The molecule has 1 unspecified atom stereocenters. The number of imide groups is 1. The summed E-state index contributed by atoms with van der Waals surface area (Å²) in [6.07, 6.45) is 4.71. The van der Waals surface area contributed by atoms with Crippen molar-refractivity contribution in [3.05, 3.63) is 0 Å². The van der Waals surface area contributed by atoms with Crippen molar-refractivity contribution in [3.63, 3.8) is 0 Å². The predicted octanol–water partition coefficient (Wildman–Crippen LogP) is 2.94. The predicted molar refractivity (Wildman–Crippen MR) is 127 cm³/mol. The van der Waals surface area contributed by atoms with Gasteiger partial charge in [0.2, 0.25) is 0 Å². The van der Waals surface area contributed by atoms with E-state index in [1.807, 2.05) is 48.5 Å². The summed E-state index contributed by atoms with van der Waals surface area (Å²) in [5.74, 6) is -0.0901. The Hall–Kier alpha value is -2.00. The van der Waals surface area contributed by atoms with Crippen LogP contribution in [-0.4, -0.2) is 53.1 Å². The number of urea groups is 1. The molecule has 1 aliphatic rings. The molecule has 0 bridgehead atoms. The molecule has 0 radical (unpaired) electrons. The molecular formula is C23H47N3O6. The molecule has 32 heavy (non-hydrogen) atoms. The van der Waals surface area contributed by atoms with E-state index in [0.29, 0.717) is 12.5 Å². The lowest BCUT2D eigenvalue weighted by Crippen LogP contribution is -2.36. The number of rotatable bonds is 9. The average Bonchev–Trinajstić information content (AvgIpc) is 3.14. The normalized spacial score (nSPS) is 19.0. The van der Waals surface area contributed by atoms with Crippen molar-refractivity contribution in [1.82, 2.24) is 10.6 Å². The van der Waals surface area contributed by atoms with Crippen LogP contribution in [0.25, 0.3) is 0 Å². The quantitative estimate of drug-likeness (QED) is 0.261. The lowest BCUT2D eigenvalue weighted by molar-refractivity contribution is -0.139. The van der Waals surface area contributed by atoms with Crippen molar-refractivity contribution in [2.75, 3.05) is 6.61 Å².